The van der Waals surface area contributed by atoms with E-state index >= 15 is 0 Å². The summed E-state index contributed by atoms with van der Waals surface area (Å²) in [6.45, 7) is 2.57. The van der Waals surface area contributed by atoms with Gasteiger partial charge in [0.2, 0.25) is 5.91 Å². The van der Waals surface area contributed by atoms with E-state index in [4.69, 9.17) is 0 Å². The van der Waals surface area contributed by atoms with Crippen molar-refractivity contribution in [3.8, 4) is 5.75 Å². The maximum absolute atomic E-state index is 13.1. The van der Waals surface area contributed by atoms with Crippen molar-refractivity contribution in [2.75, 3.05) is 11.9 Å². The van der Waals surface area contributed by atoms with Gasteiger partial charge in [0.1, 0.15) is 11.8 Å². The molecule has 2 amide bonds. The van der Waals surface area contributed by atoms with E-state index in [-0.39, 0.29) is 17.6 Å². The summed E-state index contributed by atoms with van der Waals surface area (Å²) in [5.74, 6) is -0.297. The van der Waals surface area contributed by atoms with Crippen LogP contribution < -0.4 is 5.32 Å². The second-order valence-corrected chi connectivity index (χ2v) is 6.55. The van der Waals surface area contributed by atoms with Gasteiger partial charge in [-0.25, -0.2) is 0 Å². The number of phenols is 1. The average molecular weight is 352 g/mol. The molecular formula is C21H24N2O3. The number of nitrogens with one attached hydrogen (secondary N) is 1. The Morgan fingerprint density at radius 2 is 1.96 bits per heavy atom. The molecule has 1 saturated heterocycles. The molecule has 1 aliphatic rings. The van der Waals surface area contributed by atoms with Gasteiger partial charge in [0.25, 0.3) is 5.91 Å². The molecule has 136 valence electrons. The van der Waals surface area contributed by atoms with E-state index in [0.29, 0.717) is 18.7 Å². The van der Waals surface area contributed by atoms with Gasteiger partial charge in [-0.05, 0) is 42.5 Å². The van der Waals surface area contributed by atoms with E-state index in [1.807, 2.05) is 43.3 Å². The van der Waals surface area contributed by atoms with Crippen LogP contribution in [0.5, 0.6) is 5.75 Å². The molecule has 1 aliphatic heterocycles. The lowest BCUT2D eigenvalue weighted by molar-refractivity contribution is -0.141. The lowest BCUT2D eigenvalue weighted by atomic mass is 10.00. The summed E-state index contributed by atoms with van der Waals surface area (Å²) in [6.07, 6.45) is 3.01. The van der Waals surface area contributed by atoms with Gasteiger partial charge in [0.15, 0.2) is 0 Å². The highest BCUT2D eigenvalue weighted by atomic mass is 16.3. The summed E-state index contributed by atoms with van der Waals surface area (Å²) in [7, 11) is 0. The predicted molar refractivity (Wildman–Crippen MR) is 101 cm³/mol. The number of carbonyl (C=O) groups is 2. The molecule has 5 heteroatoms. The van der Waals surface area contributed by atoms with Crippen LogP contribution in [0.3, 0.4) is 0 Å². The molecule has 3 rings (SSSR count). The number of phenolic OH excluding ortho intramolecular Hbond substituents is 1. The summed E-state index contributed by atoms with van der Waals surface area (Å²) >= 11 is 0. The predicted octanol–water partition coefficient (Wildman–Crippen LogP) is 3.65. The van der Waals surface area contributed by atoms with Gasteiger partial charge in [-0.2, -0.15) is 0 Å². The van der Waals surface area contributed by atoms with Crippen LogP contribution in [0.2, 0.25) is 0 Å². The third-order valence-electron chi connectivity index (χ3n) is 4.76. The fourth-order valence-electron chi connectivity index (χ4n) is 3.31. The molecule has 0 saturated carbocycles. The van der Waals surface area contributed by atoms with E-state index in [1.54, 1.807) is 17.0 Å². The Kier molecular flexibility index (Phi) is 5.56. The molecule has 0 aromatic heterocycles. The second kappa shape index (κ2) is 8.04. The molecule has 0 spiro atoms. The normalized spacial score (nSPS) is 15.6. The minimum absolute atomic E-state index is 0.00761. The average Bonchev–Trinajstić information content (AvgIpc) is 2.66. The van der Waals surface area contributed by atoms with E-state index in [0.717, 1.165) is 30.4 Å². The lowest BCUT2D eigenvalue weighted by Gasteiger charge is -2.34. The third kappa shape index (κ3) is 3.87. The van der Waals surface area contributed by atoms with Gasteiger partial charge in [-0.3, -0.25) is 9.59 Å². The Hall–Kier alpha value is -2.82. The number of carbonyl (C=O) groups excluding carboxylic acids is 2. The molecule has 0 radical (unpaired) electrons. The van der Waals surface area contributed by atoms with Crippen LogP contribution in [0.15, 0.2) is 48.5 Å². The molecule has 0 bridgehead atoms. The van der Waals surface area contributed by atoms with Gasteiger partial charge in [-0.1, -0.05) is 43.3 Å². The van der Waals surface area contributed by atoms with Crippen molar-refractivity contribution in [3.05, 3.63) is 59.7 Å². The van der Waals surface area contributed by atoms with Crippen molar-refractivity contribution < 1.29 is 14.7 Å². The van der Waals surface area contributed by atoms with E-state index in [1.165, 1.54) is 0 Å². The number of aryl methyl sites for hydroxylation is 1. The maximum Gasteiger partial charge on any atom is 0.251 e. The molecule has 1 fully saturated rings. The number of aromatic hydroxyl groups is 1. The van der Waals surface area contributed by atoms with Crippen molar-refractivity contribution in [2.45, 2.75) is 38.6 Å². The lowest BCUT2D eigenvalue weighted by Crippen LogP contribution is -2.43. The Morgan fingerprint density at radius 3 is 2.65 bits per heavy atom. The topological polar surface area (TPSA) is 69.6 Å². The van der Waals surface area contributed by atoms with Crippen molar-refractivity contribution in [1.82, 2.24) is 4.90 Å². The van der Waals surface area contributed by atoms with Crippen molar-refractivity contribution in [3.63, 3.8) is 0 Å². The van der Waals surface area contributed by atoms with Crippen molar-refractivity contribution >= 4 is 17.5 Å². The molecular weight excluding hydrogens is 328 g/mol. The first-order chi connectivity index (χ1) is 12.6. The zero-order valence-corrected chi connectivity index (χ0v) is 14.9. The quantitative estimate of drug-likeness (QED) is 0.807. The van der Waals surface area contributed by atoms with Crippen LogP contribution in [-0.4, -0.2) is 28.4 Å². The second-order valence-electron chi connectivity index (χ2n) is 6.55. The molecule has 2 N–H and O–H groups in total. The van der Waals surface area contributed by atoms with Gasteiger partial charge in [0, 0.05) is 13.0 Å². The fraction of sp³-hybridized carbons (Fsp3) is 0.333. The number of piperidine rings is 1. The first kappa shape index (κ1) is 18.0. The number of amides is 2. The molecule has 2 aromatic rings. The van der Waals surface area contributed by atoms with Gasteiger partial charge in [0.05, 0.1) is 5.69 Å². The minimum Gasteiger partial charge on any atom is -0.506 e. The van der Waals surface area contributed by atoms with E-state index < -0.39 is 6.04 Å². The van der Waals surface area contributed by atoms with Crippen LogP contribution in [0.4, 0.5) is 5.69 Å². The Morgan fingerprint density at radius 1 is 1.19 bits per heavy atom. The monoisotopic (exact) mass is 352 g/mol. The molecule has 1 heterocycles. The first-order valence-electron chi connectivity index (χ1n) is 9.07. The standard InChI is InChI=1S/C21H24N2O3/c1-2-15-11-12-18(24)17(14-15)22-21(26)20(16-8-4-3-5-9-16)23-13-7-6-10-19(23)25/h3-5,8-9,11-12,14,20,24H,2,6-7,10,13H2,1H3,(H,22,26)/t20-/m1/s1. The summed E-state index contributed by atoms with van der Waals surface area (Å²) in [5.41, 5.74) is 2.16. The number of hydrogen-bond donors (Lipinski definition) is 2. The fourth-order valence-corrected chi connectivity index (χ4v) is 3.31. The maximum atomic E-state index is 13.1. The number of hydrogen-bond acceptors (Lipinski definition) is 3. The number of rotatable bonds is 5. The zero-order valence-electron chi connectivity index (χ0n) is 14.9. The minimum atomic E-state index is -0.700. The smallest absolute Gasteiger partial charge is 0.251 e. The summed E-state index contributed by atoms with van der Waals surface area (Å²) in [6, 6.07) is 13.8. The number of anilines is 1. The highest BCUT2D eigenvalue weighted by Gasteiger charge is 2.33. The zero-order chi connectivity index (χ0) is 18.5. The molecule has 0 unspecified atom stereocenters. The van der Waals surface area contributed by atoms with Crippen molar-refractivity contribution in [2.24, 2.45) is 0 Å². The molecule has 26 heavy (non-hydrogen) atoms. The van der Waals surface area contributed by atoms with Crippen LogP contribution in [0.1, 0.15) is 43.4 Å². The molecule has 0 aliphatic carbocycles. The van der Waals surface area contributed by atoms with Gasteiger partial charge < -0.3 is 15.3 Å². The van der Waals surface area contributed by atoms with Crippen LogP contribution >= 0.6 is 0 Å². The Labute approximate surface area is 153 Å². The Bertz CT molecular complexity index is 789. The first-order valence-corrected chi connectivity index (χ1v) is 9.07. The Balaban J connectivity index is 1.91. The largest absolute Gasteiger partial charge is 0.506 e. The molecule has 1 atom stereocenters. The molecule has 2 aromatic carbocycles. The van der Waals surface area contributed by atoms with Crippen molar-refractivity contribution in [1.29, 1.82) is 0 Å². The van der Waals surface area contributed by atoms with E-state index in [2.05, 4.69) is 5.32 Å². The molecule has 5 nitrogen and oxygen atoms in total. The third-order valence-corrected chi connectivity index (χ3v) is 4.76. The van der Waals surface area contributed by atoms with Crippen LogP contribution in [-0.2, 0) is 16.0 Å². The van der Waals surface area contributed by atoms with Gasteiger partial charge >= 0.3 is 0 Å². The van der Waals surface area contributed by atoms with Gasteiger partial charge in [-0.15, -0.1) is 0 Å². The number of nitrogens with zero attached hydrogens (tertiary/aromatic N) is 1. The summed E-state index contributed by atoms with van der Waals surface area (Å²) in [4.78, 5) is 27.2. The van der Waals surface area contributed by atoms with E-state index in [9.17, 15) is 14.7 Å². The number of likely N-dealkylation sites (tertiary alicyclic amines) is 1. The highest BCUT2D eigenvalue weighted by molar-refractivity contribution is 5.99. The van der Waals surface area contributed by atoms with Crippen LogP contribution in [0, 0.1) is 0 Å². The highest BCUT2D eigenvalue weighted by Crippen LogP contribution is 2.30. The summed E-state index contributed by atoms with van der Waals surface area (Å²) < 4.78 is 0. The number of benzene rings is 2. The van der Waals surface area contributed by atoms with Crippen LogP contribution in [0.25, 0.3) is 0 Å². The summed E-state index contributed by atoms with van der Waals surface area (Å²) in [5, 5.41) is 12.9. The SMILES string of the molecule is CCc1ccc(O)c(NC(=O)[C@@H](c2ccccc2)N2CCCCC2=O)c1.